The normalized spacial score (nSPS) is 26.0. The van der Waals surface area contributed by atoms with Gasteiger partial charge in [0.25, 0.3) is 0 Å². The summed E-state index contributed by atoms with van der Waals surface area (Å²) in [4.78, 5) is 13.1. The predicted octanol–water partition coefficient (Wildman–Crippen LogP) is 3.34. The van der Waals surface area contributed by atoms with Crippen molar-refractivity contribution in [1.82, 2.24) is 0 Å². The van der Waals surface area contributed by atoms with Gasteiger partial charge in [0.2, 0.25) is 0 Å². The van der Waals surface area contributed by atoms with E-state index in [0.29, 0.717) is 0 Å². The minimum absolute atomic E-state index is 0.161. The van der Waals surface area contributed by atoms with E-state index in [-0.39, 0.29) is 16.2 Å². The van der Waals surface area contributed by atoms with E-state index in [1.807, 2.05) is 37.3 Å². The fourth-order valence-corrected chi connectivity index (χ4v) is 11.2. The number of hydrogen-bond acceptors (Lipinski definition) is 5. The molecule has 1 saturated carbocycles. The van der Waals surface area contributed by atoms with E-state index in [2.05, 4.69) is 19.7 Å². The van der Waals surface area contributed by atoms with Gasteiger partial charge in [-0.1, -0.05) is 72.4 Å². The standard InChI is InChI=1S/C25H32O5SSi/c1-6-20-21(16-31(28,29)18-14-12-17(2)13-15-18)24(22(23(20)26)25(27)30-3)32(4,5)19-10-8-7-9-11-19/h6-15,20-24,26H,1,16H2,2-5H3/t20-,21+,22-,23-,24-/m1/s1. The number of benzene rings is 2. The van der Waals surface area contributed by atoms with Crippen molar-refractivity contribution in [3.8, 4) is 0 Å². The second kappa shape index (κ2) is 9.33. The van der Waals surface area contributed by atoms with Gasteiger partial charge < -0.3 is 9.84 Å². The first-order valence-corrected chi connectivity index (χ1v) is 15.5. The molecule has 0 unspecified atom stereocenters. The summed E-state index contributed by atoms with van der Waals surface area (Å²) in [6, 6.07) is 16.7. The Balaban J connectivity index is 2.12. The van der Waals surface area contributed by atoms with Crippen LogP contribution in [0.15, 0.2) is 72.1 Å². The lowest BCUT2D eigenvalue weighted by Crippen LogP contribution is -2.52. The highest BCUT2D eigenvalue weighted by molar-refractivity contribution is 7.91. The molecule has 5 nitrogen and oxygen atoms in total. The van der Waals surface area contributed by atoms with E-state index in [1.54, 1.807) is 30.3 Å². The number of methoxy groups -OCH3 is 1. The molecule has 7 heteroatoms. The second-order valence-corrected chi connectivity index (χ2v) is 15.9. The van der Waals surface area contributed by atoms with Gasteiger partial charge in [-0.2, -0.15) is 0 Å². The van der Waals surface area contributed by atoms with Gasteiger partial charge in [-0.15, -0.1) is 6.58 Å². The Labute approximate surface area is 192 Å². The van der Waals surface area contributed by atoms with Crippen LogP contribution in [0, 0.1) is 24.7 Å². The third-order valence-corrected chi connectivity index (χ3v) is 13.1. The van der Waals surface area contributed by atoms with Gasteiger partial charge in [0, 0.05) is 5.92 Å². The van der Waals surface area contributed by atoms with Crippen LogP contribution in [0.3, 0.4) is 0 Å². The fourth-order valence-electron chi connectivity index (χ4n) is 5.30. The molecule has 32 heavy (non-hydrogen) atoms. The molecule has 0 amide bonds. The van der Waals surface area contributed by atoms with E-state index in [4.69, 9.17) is 4.74 Å². The number of aryl methyl sites for hydroxylation is 1. The molecule has 0 aliphatic heterocycles. The van der Waals surface area contributed by atoms with Crippen LogP contribution in [0.2, 0.25) is 18.6 Å². The summed E-state index contributed by atoms with van der Waals surface area (Å²) in [5, 5.41) is 12.3. The van der Waals surface area contributed by atoms with Gasteiger partial charge >= 0.3 is 5.97 Å². The molecular formula is C25H32O5SSi. The molecule has 0 saturated heterocycles. The second-order valence-electron chi connectivity index (χ2n) is 9.22. The molecule has 2 aromatic carbocycles. The van der Waals surface area contributed by atoms with Gasteiger partial charge in [-0.05, 0) is 30.5 Å². The predicted molar refractivity (Wildman–Crippen MR) is 129 cm³/mol. The van der Waals surface area contributed by atoms with Crippen LogP contribution in [-0.2, 0) is 19.4 Å². The molecule has 2 aromatic rings. The Bertz CT molecular complexity index is 1060. The Kier molecular flexibility index (Phi) is 7.12. The van der Waals surface area contributed by atoms with Crippen molar-refractivity contribution in [3.63, 3.8) is 0 Å². The van der Waals surface area contributed by atoms with E-state index in [9.17, 15) is 18.3 Å². The van der Waals surface area contributed by atoms with Crippen LogP contribution >= 0.6 is 0 Å². The lowest BCUT2D eigenvalue weighted by atomic mass is 9.96. The van der Waals surface area contributed by atoms with Crippen molar-refractivity contribution in [2.24, 2.45) is 17.8 Å². The molecule has 1 aliphatic carbocycles. The Morgan fingerprint density at radius 3 is 2.25 bits per heavy atom. The summed E-state index contributed by atoms with van der Waals surface area (Å²) < 4.78 is 31.9. The van der Waals surface area contributed by atoms with E-state index in [1.165, 1.54) is 7.11 Å². The molecule has 3 rings (SSSR count). The minimum atomic E-state index is -3.65. The quantitative estimate of drug-likeness (QED) is 0.380. The fraction of sp³-hybridized carbons (Fsp3) is 0.400. The average molecular weight is 473 g/mol. The molecule has 0 aromatic heterocycles. The van der Waals surface area contributed by atoms with Gasteiger partial charge in [-0.25, -0.2) is 8.42 Å². The topological polar surface area (TPSA) is 80.7 Å². The highest BCUT2D eigenvalue weighted by Crippen LogP contribution is 2.52. The molecule has 1 aliphatic rings. The number of aliphatic hydroxyl groups excluding tert-OH is 1. The number of carbonyl (C=O) groups is 1. The largest absolute Gasteiger partial charge is 0.469 e. The van der Waals surface area contributed by atoms with Crippen molar-refractivity contribution in [2.75, 3.05) is 12.9 Å². The zero-order chi connectivity index (χ0) is 23.7. The van der Waals surface area contributed by atoms with Crippen LogP contribution in [0.1, 0.15) is 5.56 Å². The van der Waals surface area contributed by atoms with E-state index >= 15 is 0 Å². The van der Waals surface area contributed by atoms with Crippen LogP contribution in [0.25, 0.3) is 0 Å². The summed E-state index contributed by atoms with van der Waals surface area (Å²) in [5.74, 6) is -2.45. The molecule has 0 radical (unpaired) electrons. The maximum Gasteiger partial charge on any atom is 0.311 e. The highest BCUT2D eigenvalue weighted by atomic mass is 32.2. The Hall–Kier alpha value is -2.22. The lowest BCUT2D eigenvalue weighted by Gasteiger charge is -2.37. The minimum Gasteiger partial charge on any atom is -0.469 e. The number of sulfone groups is 1. The maximum atomic E-state index is 13.4. The first-order valence-electron chi connectivity index (χ1n) is 10.8. The van der Waals surface area contributed by atoms with Crippen molar-refractivity contribution >= 4 is 29.1 Å². The van der Waals surface area contributed by atoms with Gasteiger partial charge in [0.1, 0.15) is 0 Å². The summed E-state index contributed by atoms with van der Waals surface area (Å²) in [6.45, 7) is 10.0. The van der Waals surface area contributed by atoms with Gasteiger partial charge in [-0.3, -0.25) is 4.79 Å². The molecular weight excluding hydrogens is 440 g/mol. The number of ether oxygens (including phenoxy) is 1. The molecule has 172 valence electrons. The lowest BCUT2D eigenvalue weighted by molar-refractivity contribution is -0.148. The summed E-state index contributed by atoms with van der Waals surface area (Å²) >= 11 is 0. The average Bonchev–Trinajstić information content (AvgIpc) is 3.05. The molecule has 5 atom stereocenters. The highest BCUT2D eigenvalue weighted by Gasteiger charge is 2.59. The number of rotatable bonds is 7. The first-order chi connectivity index (χ1) is 15.0. The Morgan fingerprint density at radius 2 is 1.72 bits per heavy atom. The van der Waals surface area contributed by atoms with Crippen molar-refractivity contribution in [1.29, 1.82) is 0 Å². The molecule has 0 spiro atoms. The van der Waals surface area contributed by atoms with Crippen LogP contribution in [0.4, 0.5) is 0 Å². The zero-order valence-corrected chi connectivity index (χ0v) is 20.9. The zero-order valence-electron chi connectivity index (χ0n) is 19.1. The number of carbonyl (C=O) groups excluding carboxylic acids is 1. The molecule has 1 N–H and O–H groups in total. The van der Waals surface area contributed by atoms with Crippen molar-refractivity contribution in [2.45, 2.75) is 36.6 Å². The van der Waals surface area contributed by atoms with Crippen molar-refractivity contribution in [3.05, 3.63) is 72.8 Å². The Morgan fingerprint density at radius 1 is 1.12 bits per heavy atom. The van der Waals surface area contributed by atoms with Crippen LogP contribution in [-0.4, -0.2) is 46.5 Å². The van der Waals surface area contributed by atoms with E-state index < -0.39 is 47.7 Å². The summed E-state index contributed by atoms with van der Waals surface area (Å²) in [5.41, 5.74) is 0.640. The van der Waals surface area contributed by atoms with Crippen molar-refractivity contribution < 1.29 is 23.1 Å². The number of esters is 1. The maximum absolute atomic E-state index is 13.4. The number of hydrogen-bond donors (Lipinski definition) is 1. The third-order valence-electron chi connectivity index (χ3n) is 6.99. The van der Waals surface area contributed by atoms with Gasteiger partial charge in [0.15, 0.2) is 9.84 Å². The summed E-state index contributed by atoms with van der Waals surface area (Å²) in [6.07, 6.45) is 0.560. The monoisotopic (exact) mass is 472 g/mol. The van der Waals surface area contributed by atoms with Gasteiger partial charge in [0.05, 0.1) is 37.9 Å². The van der Waals surface area contributed by atoms with E-state index in [0.717, 1.165) is 10.8 Å². The number of aliphatic hydroxyl groups is 1. The SMILES string of the molecule is C=C[C@H]1[C@@H](O)[C@@H](C(=O)OC)[C@H]([Si](C)(C)c2ccccc2)[C@H]1CS(=O)(=O)c1ccc(C)cc1. The van der Waals surface area contributed by atoms with Crippen LogP contribution < -0.4 is 5.19 Å². The molecule has 0 bridgehead atoms. The first kappa shape index (κ1) is 24.4. The summed E-state index contributed by atoms with van der Waals surface area (Å²) in [7, 11) is -4.77. The molecule has 1 fully saturated rings. The molecule has 0 heterocycles. The van der Waals surface area contributed by atoms with Crippen LogP contribution in [0.5, 0.6) is 0 Å². The smallest absolute Gasteiger partial charge is 0.311 e. The third kappa shape index (κ3) is 4.47.